The molecule has 0 aliphatic heterocycles. The second-order valence-corrected chi connectivity index (χ2v) is 7.76. The van der Waals surface area contributed by atoms with Crippen LogP contribution in [0.25, 0.3) is 0 Å². The molecule has 0 saturated heterocycles. The molecule has 1 aromatic heterocycles. The number of carbonyl (C=O) groups excluding carboxylic acids is 1. The lowest BCUT2D eigenvalue weighted by Gasteiger charge is -2.12. The molecule has 21 heavy (non-hydrogen) atoms. The van der Waals surface area contributed by atoms with Gasteiger partial charge >= 0.3 is 0 Å². The third-order valence-corrected chi connectivity index (χ3v) is 5.57. The van der Waals surface area contributed by atoms with Gasteiger partial charge in [-0.25, -0.2) is 12.7 Å². The van der Waals surface area contributed by atoms with Crippen LogP contribution in [0.15, 0.2) is 46.7 Å². The third-order valence-electron chi connectivity index (χ3n) is 2.88. The lowest BCUT2D eigenvalue weighted by molar-refractivity contribution is 0.0951. The first-order valence-corrected chi connectivity index (χ1v) is 8.56. The Morgan fingerprint density at radius 1 is 1.24 bits per heavy atom. The lowest BCUT2D eigenvalue weighted by atomic mass is 10.2. The van der Waals surface area contributed by atoms with Crippen LogP contribution in [-0.4, -0.2) is 32.7 Å². The molecule has 0 bridgehead atoms. The maximum Gasteiger partial charge on any atom is 0.251 e. The fraction of sp³-hybridized carbons (Fsp3) is 0.214. The molecule has 5 nitrogen and oxygen atoms in total. The standard InChI is InChI=1S/C14H16N2O3S2/c1-16(2)21(18,19)13-7-3-5-11(9-13)14(17)15-10-12-6-4-8-20-12/h3-9H,10H2,1-2H3,(H,15,17). The van der Waals surface area contributed by atoms with Crippen LogP contribution in [0.5, 0.6) is 0 Å². The predicted molar refractivity (Wildman–Crippen MR) is 82.8 cm³/mol. The summed E-state index contributed by atoms with van der Waals surface area (Å²) < 4.78 is 25.2. The van der Waals surface area contributed by atoms with Crippen LogP contribution in [0.1, 0.15) is 15.2 Å². The number of sulfonamides is 1. The molecule has 1 N–H and O–H groups in total. The van der Waals surface area contributed by atoms with Crippen molar-refractivity contribution in [3.63, 3.8) is 0 Å². The summed E-state index contributed by atoms with van der Waals surface area (Å²) in [7, 11) is -0.621. The maximum atomic E-state index is 12.1. The number of nitrogens with one attached hydrogen (secondary N) is 1. The van der Waals surface area contributed by atoms with E-state index in [1.165, 1.54) is 26.2 Å². The fourth-order valence-corrected chi connectivity index (χ4v) is 3.28. The van der Waals surface area contributed by atoms with Crippen molar-refractivity contribution < 1.29 is 13.2 Å². The minimum atomic E-state index is -3.54. The molecule has 0 spiro atoms. The van der Waals surface area contributed by atoms with Crippen molar-refractivity contribution in [2.75, 3.05) is 14.1 Å². The van der Waals surface area contributed by atoms with E-state index in [0.717, 1.165) is 9.18 Å². The van der Waals surface area contributed by atoms with Crippen molar-refractivity contribution in [1.82, 2.24) is 9.62 Å². The molecule has 0 fully saturated rings. The summed E-state index contributed by atoms with van der Waals surface area (Å²) in [6.45, 7) is 0.432. The Bertz CT molecular complexity index is 722. The molecule has 1 aromatic carbocycles. The van der Waals surface area contributed by atoms with Gasteiger partial charge in [0.05, 0.1) is 11.4 Å². The number of hydrogen-bond acceptors (Lipinski definition) is 4. The highest BCUT2D eigenvalue weighted by atomic mass is 32.2. The van der Waals surface area contributed by atoms with Gasteiger partial charge in [-0.3, -0.25) is 4.79 Å². The zero-order valence-electron chi connectivity index (χ0n) is 11.7. The molecule has 2 aromatic rings. The normalized spacial score (nSPS) is 11.6. The van der Waals surface area contributed by atoms with Gasteiger partial charge in [-0.1, -0.05) is 12.1 Å². The molecular weight excluding hydrogens is 308 g/mol. The van der Waals surface area contributed by atoms with Gasteiger partial charge in [0.25, 0.3) is 5.91 Å². The van der Waals surface area contributed by atoms with E-state index >= 15 is 0 Å². The van der Waals surface area contributed by atoms with Crippen molar-refractivity contribution in [2.24, 2.45) is 0 Å². The Balaban J connectivity index is 2.15. The largest absolute Gasteiger partial charge is 0.347 e. The molecule has 0 aliphatic rings. The topological polar surface area (TPSA) is 66.5 Å². The summed E-state index contributed by atoms with van der Waals surface area (Å²) in [6, 6.07) is 9.87. The first-order chi connectivity index (χ1) is 9.91. The van der Waals surface area contributed by atoms with Gasteiger partial charge in [0.15, 0.2) is 0 Å². The number of hydrogen-bond donors (Lipinski definition) is 1. The Morgan fingerprint density at radius 3 is 2.62 bits per heavy atom. The summed E-state index contributed by atoms with van der Waals surface area (Å²) in [6.07, 6.45) is 0. The third kappa shape index (κ3) is 3.69. The molecule has 1 heterocycles. The van der Waals surface area contributed by atoms with Crippen LogP contribution in [0.4, 0.5) is 0 Å². The van der Waals surface area contributed by atoms with Crippen molar-refractivity contribution in [3.05, 3.63) is 52.2 Å². The monoisotopic (exact) mass is 324 g/mol. The van der Waals surface area contributed by atoms with E-state index in [-0.39, 0.29) is 10.8 Å². The average molecular weight is 324 g/mol. The number of carbonyl (C=O) groups is 1. The number of rotatable bonds is 5. The van der Waals surface area contributed by atoms with Gasteiger partial charge in [0.2, 0.25) is 10.0 Å². The minimum absolute atomic E-state index is 0.108. The number of benzene rings is 1. The van der Waals surface area contributed by atoms with Gasteiger partial charge in [-0.05, 0) is 29.6 Å². The Labute approximate surface area is 128 Å². The summed E-state index contributed by atoms with van der Waals surface area (Å²) in [5, 5.41) is 4.71. The van der Waals surface area contributed by atoms with Crippen molar-refractivity contribution in [3.8, 4) is 0 Å². The summed E-state index contributed by atoms with van der Waals surface area (Å²) in [4.78, 5) is 13.2. The van der Waals surface area contributed by atoms with E-state index in [0.29, 0.717) is 12.1 Å². The Morgan fingerprint density at radius 2 is 2.00 bits per heavy atom. The molecule has 0 atom stereocenters. The van der Waals surface area contributed by atoms with Crippen LogP contribution in [0.3, 0.4) is 0 Å². The van der Waals surface area contributed by atoms with Crippen LogP contribution in [-0.2, 0) is 16.6 Å². The van der Waals surface area contributed by atoms with Gasteiger partial charge in [-0.15, -0.1) is 11.3 Å². The van der Waals surface area contributed by atoms with Crippen LogP contribution in [0.2, 0.25) is 0 Å². The minimum Gasteiger partial charge on any atom is -0.347 e. The SMILES string of the molecule is CN(C)S(=O)(=O)c1cccc(C(=O)NCc2cccs2)c1. The molecule has 0 unspecified atom stereocenters. The van der Waals surface area contributed by atoms with Gasteiger partial charge < -0.3 is 5.32 Å². The van der Waals surface area contributed by atoms with E-state index in [2.05, 4.69) is 5.32 Å². The average Bonchev–Trinajstić information content (AvgIpc) is 2.98. The van der Waals surface area contributed by atoms with E-state index in [1.807, 2.05) is 17.5 Å². The first kappa shape index (κ1) is 15.7. The molecule has 2 rings (SSSR count). The van der Waals surface area contributed by atoms with Crippen LogP contribution < -0.4 is 5.32 Å². The smallest absolute Gasteiger partial charge is 0.251 e. The zero-order valence-corrected chi connectivity index (χ0v) is 13.4. The second-order valence-electron chi connectivity index (χ2n) is 4.58. The lowest BCUT2D eigenvalue weighted by Crippen LogP contribution is -2.24. The summed E-state index contributed by atoms with van der Waals surface area (Å²) in [5.41, 5.74) is 0.328. The van der Waals surface area contributed by atoms with E-state index in [4.69, 9.17) is 0 Å². The quantitative estimate of drug-likeness (QED) is 0.914. The molecule has 0 aliphatic carbocycles. The molecule has 112 valence electrons. The van der Waals surface area contributed by atoms with Gasteiger partial charge in [0, 0.05) is 24.5 Å². The highest BCUT2D eigenvalue weighted by Crippen LogP contribution is 2.15. The Kier molecular flexibility index (Phi) is 4.76. The second kappa shape index (κ2) is 6.38. The summed E-state index contributed by atoms with van der Waals surface area (Å²) in [5.74, 6) is -0.292. The van der Waals surface area contributed by atoms with Gasteiger partial charge in [-0.2, -0.15) is 0 Å². The molecule has 0 radical (unpaired) electrons. The Hall–Kier alpha value is -1.70. The van der Waals surface area contributed by atoms with Crippen molar-refractivity contribution >= 4 is 27.3 Å². The maximum absolute atomic E-state index is 12.1. The van der Waals surface area contributed by atoms with E-state index in [1.54, 1.807) is 23.5 Å². The molecular formula is C14H16N2O3S2. The molecule has 1 amide bonds. The van der Waals surface area contributed by atoms with Gasteiger partial charge in [0.1, 0.15) is 0 Å². The zero-order chi connectivity index (χ0) is 15.5. The van der Waals surface area contributed by atoms with Crippen LogP contribution >= 0.6 is 11.3 Å². The highest BCUT2D eigenvalue weighted by molar-refractivity contribution is 7.89. The summed E-state index contributed by atoms with van der Waals surface area (Å²) >= 11 is 1.55. The fourth-order valence-electron chi connectivity index (χ4n) is 1.69. The van der Waals surface area contributed by atoms with Crippen LogP contribution in [0, 0.1) is 0 Å². The van der Waals surface area contributed by atoms with Crippen molar-refractivity contribution in [1.29, 1.82) is 0 Å². The molecule has 7 heteroatoms. The first-order valence-electron chi connectivity index (χ1n) is 6.24. The number of nitrogens with zero attached hydrogens (tertiary/aromatic N) is 1. The van der Waals surface area contributed by atoms with E-state index < -0.39 is 10.0 Å². The highest BCUT2D eigenvalue weighted by Gasteiger charge is 2.18. The predicted octanol–water partition coefficient (Wildman–Crippen LogP) is 1.93. The van der Waals surface area contributed by atoms with E-state index in [9.17, 15) is 13.2 Å². The van der Waals surface area contributed by atoms with Crippen molar-refractivity contribution in [2.45, 2.75) is 11.4 Å². The number of amides is 1. The molecule has 0 saturated carbocycles. The number of thiophene rings is 1.